The Kier molecular flexibility index (Phi) is 3.24. The van der Waals surface area contributed by atoms with Crippen molar-refractivity contribution < 1.29 is 4.79 Å². The molecule has 0 saturated heterocycles. The van der Waals surface area contributed by atoms with E-state index in [0.29, 0.717) is 12.5 Å². The van der Waals surface area contributed by atoms with Crippen molar-refractivity contribution in [2.45, 2.75) is 31.8 Å². The topological polar surface area (TPSA) is 72.9 Å². The number of carbonyl (C=O) groups excluding carboxylic acids is 1. The molecule has 1 fully saturated rings. The normalized spacial score (nSPS) is 19.1. The minimum atomic E-state index is -0.276. The first kappa shape index (κ1) is 11.1. The van der Waals surface area contributed by atoms with Gasteiger partial charge in [-0.1, -0.05) is 0 Å². The number of aromatic nitrogens is 2. The fourth-order valence-electron chi connectivity index (χ4n) is 1.69. The number of nitrogens with two attached hydrogens (primary N) is 1. The first-order valence-corrected chi connectivity index (χ1v) is 5.71. The predicted octanol–water partition coefficient (Wildman–Crippen LogP) is 0.298. The van der Waals surface area contributed by atoms with E-state index in [1.54, 1.807) is 23.1 Å². The third kappa shape index (κ3) is 2.61. The summed E-state index contributed by atoms with van der Waals surface area (Å²) in [4.78, 5) is 11.8. The van der Waals surface area contributed by atoms with E-state index in [1.807, 2.05) is 6.92 Å². The molecule has 1 heterocycles. The van der Waals surface area contributed by atoms with Crippen LogP contribution in [0.25, 0.3) is 0 Å². The van der Waals surface area contributed by atoms with Crippen LogP contribution in [0.2, 0.25) is 0 Å². The highest BCUT2D eigenvalue weighted by Crippen LogP contribution is 2.31. The number of hydrogen-bond acceptors (Lipinski definition) is 3. The average molecular weight is 222 g/mol. The van der Waals surface area contributed by atoms with Gasteiger partial charge in [0, 0.05) is 25.0 Å². The maximum Gasteiger partial charge on any atom is 0.244 e. The summed E-state index contributed by atoms with van der Waals surface area (Å²) in [7, 11) is 0. The van der Waals surface area contributed by atoms with Crippen LogP contribution in [0.3, 0.4) is 0 Å². The van der Waals surface area contributed by atoms with Crippen LogP contribution in [-0.4, -0.2) is 28.3 Å². The molecule has 1 aromatic rings. The standard InChI is InChI=1S/C11H18N4O/c1-8(15-6-2-5-14-15)11(16)13-7-10(12)9-3-4-9/h2,5-6,8-10H,3-4,7,12H2,1H3,(H,13,16). The Labute approximate surface area is 95.0 Å². The molecule has 3 N–H and O–H groups in total. The first-order chi connectivity index (χ1) is 7.68. The lowest BCUT2D eigenvalue weighted by molar-refractivity contribution is -0.124. The second-order valence-corrected chi connectivity index (χ2v) is 4.41. The number of nitrogens with one attached hydrogen (secondary N) is 1. The Morgan fingerprint density at radius 1 is 1.69 bits per heavy atom. The molecule has 1 aromatic heterocycles. The molecular formula is C11H18N4O. The van der Waals surface area contributed by atoms with E-state index < -0.39 is 0 Å². The number of hydrogen-bond donors (Lipinski definition) is 2. The van der Waals surface area contributed by atoms with Gasteiger partial charge in [0.2, 0.25) is 5.91 Å². The molecule has 88 valence electrons. The zero-order valence-electron chi connectivity index (χ0n) is 9.47. The van der Waals surface area contributed by atoms with Crippen LogP contribution in [0, 0.1) is 5.92 Å². The van der Waals surface area contributed by atoms with Gasteiger partial charge in [0.1, 0.15) is 6.04 Å². The summed E-state index contributed by atoms with van der Waals surface area (Å²) in [5, 5.41) is 6.90. The van der Waals surface area contributed by atoms with Gasteiger partial charge in [-0.3, -0.25) is 9.48 Å². The molecule has 1 amide bonds. The van der Waals surface area contributed by atoms with Crippen molar-refractivity contribution in [3.8, 4) is 0 Å². The average Bonchev–Trinajstić information content (AvgIpc) is 3.00. The van der Waals surface area contributed by atoms with Crippen molar-refractivity contribution in [2.75, 3.05) is 6.54 Å². The third-order valence-corrected chi connectivity index (χ3v) is 3.04. The Balaban J connectivity index is 1.78. The molecule has 2 rings (SSSR count). The fraction of sp³-hybridized carbons (Fsp3) is 0.636. The van der Waals surface area contributed by atoms with Crippen LogP contribution in [-0.2, 0) is 4.79 Å². The molecule has 5 nitrogen and oxygen atoms in total. The molecular weight excluding hydrogens is 204 g/mol. The van der Waals surface area contributed by atoms with Gasteiger partial charge in [-0.05, 0) is 31.7 Å². The van der Waals surface area contributed by atoms with Gasteiger partial charge in [-0.2, -0.15) is 5.10 Å². The van der Waals surface area contributed by atoms with Crippen LogP contribution >= 0.6 is 0 Å². The second-order valence-electron chi connectivity index (χ2n) is 4.41. The maximum atomic E-state index is 11.8. The minimum absolute atomic E-state index is 0.0280. The minimum Gasteiger partial charge on any atom is -0.353 e. The predicted molar refractivity (Wildman–Crippen MR) is 60.6 cm³/mol. The van der Waals surface area contributed by atoms with E-state index in [2.05, 4.69) is 10.4 Å². The fourth-order valence-corrected chi connectivity index (χ4v) is 1.69. The van der Waals surface area contributed by atoms with Crippen LogP contribution in [0.15, 0.2) is 18.5 Å². The molecule has 0 radical (unpaired) electrons. The Hall–Kier alpha value is -1.36. The lowest BCUT2D eigenvalue weighted by Gasteiger charge is -2.15. The summed E-state index contributed by atoms with van der Waals surface area (Å²) < 4.78 is 1.64. The SMILES string of the molecule is CC(C(=O)NCC(N)C1CC1)n1cccn1. The summed E-state index contributed by atoms with van der Waals surface area (Å²) in [6, 6.07) is 1.63. The molecule has 1 aliphatic rings. The van der Waals surface area contributed by atoms with E-state index in [1.165, 1.54) is 12.8 Å². The molecule has 2 unspecified atom stereocenters. The Morgan fingerprint density at radius 3 is 3.00 bits per heavy atom. The maximum absolute atomic E-state index is 11.8. The Morgan fingerprint density at radius 2 is 2.44 bits per heavy atom. The quantitative estimate of drug-likeness (QED) is 0.752. The molecule has 0 bridgehead atoms. The highest BCUT2D eigenvalue weighted by Gasteiger charge is 2.28. The number of rotatable bonds is 5. The van der Waals surface area contributed by atoms with Crippen molar-refractivity contribution in [2.24, 2.45) is 11.7 Å². The number of nitrogens with zero attached hydrogens (tertiary/aromatic N) is 2. The molecule has 1 saturated carbocycles. The van der Waals surface area contributed by atoms with Gasteiger partial charge in [-0.25, -0.2) is 0 Å². The van der Waals surface area contributed by atoms with E-state index in [9.17, 15) is 4.79 Å². The summed E-state index contributed by atoms with van der Waals surface area (Å²) in [5.41, 5.74) is 5.91. The highest BCUT2D eigenvalue weighted by atomic mass is 16.2. The molecule has 2 atom stereocenters. The van der Waals surface area contributed by atoms with Crippen LogP contribution in [0.4, 0.5) is 0 Å². The molecule has 5 heteroatoms. The van der Waals surface area contributed by atoms with Gasteiger partial charge in [0.15, 0.2) is 0 Å². The monoisotopic (exact) mass is 222 g/mol. The Bertz CT molecular complexity index is 345. The van der Waals surface area contributed by atoms with Gasteiger partial charge in [0.05, 0.1) is 0 Å². The first-order valence-electron chi connectivity index (χ1n) is 5.71. The zero-order chi connectivity index (χ0) is 11.5. The highest BCUT2D eigenvalue weighted by molar-refractivity contribution is 5.79. The van der Waals surface area contributed by atoms with Crippen molar-refractivity contribution in [3.05, 3.63) is 18.5 Å². The van der Waals surface area contributed by atoms with Gasteiger partial charge in [-0.15, -0.1) is 0 Å². The van der Waals surface area contributed by atoms with Crippen molar-refractivity contribution in [1.29, 1.82) is 0 Å². The van der Waals surface area contributed by atoms with Crippen LogP contribution in [0.5, 0.6) is 0 Å². The summed E-state index contributed by atoms with van der Waals surface area (Å²) in [6.45, 7) is 2.39. The number of carbonyl (C=O) groups is 1. The van der Waals surface area contributed by atoms with Crippen molar-refractivity contribution in [1.82, 2.24) is 15.1 Å². The molecule has 1 aliphatic carbocycles. The zero-order valence-corrected chi connectivity index (χ0v) is 9.47. The lowest BCUT2D eigenvalue weighted by atomic mass is 10.2. The van der Waals surface area contributed by atoms with Crippen molar-refractivity contribution >= 4 is 5.91 Å². The van der Waals surface area contributed by atoms with E-state index in [-0.39, 0.29) is 18.0 Å². The molecule has 16 heavy (non-hydrogen) atoms. The van der Waals surface area contributed by atoms with Crippen molar-refractivity contribution in [3.63, 3.8) is 0 Å². The van der Waals surface area contributed by atoms with Gasteiger partial charge >= 0.3 is 0 Å². The second kappa shape index (κ2) is 4.65. The molecule has 0 spiro atoms. The smallest absolute Gasteiger partial charge is 0.244 e. The summed E-state index contributed by atoms with van der Waals surface area (Å²) in [6.07, 6.45) is 5.85. The summed E-state index contributed by atoms with van der Waals surface area (Å²) in [5.74, 6) is 0.583. The third-order valence-electron chi connectivity index (χ3n) is 3.04. The van der Waals surface area contributed by atoms with Crippen LogP contribution in [0.1, 0.15) is 25.8 Å². The van der Waals surface area contributed by atoms with Gasteiger partial charge < -0.3 is 11.1 Å². The largest absolute Gasteiger partial charge is 0.353 e. The lowest BCUT2D eigenvalue weighted by Crippen LogP contribution is -2.41. The molecule has 0 aliphatic heterocycles. The van der Waals surface area contributed by atoms with Crippen LogP contribution < -0.4 is 11.1 Å². The van der Waals surface area contributed by atoms with E-state index >= 15 is 0 Å². The number of amides is 1. The summed E-state index contributed by atoms with van der Waals surface area (Å²) >= 11 is 0. The van der Waals surface area contributed by atoms with E-state index in [4.69, 9.17) is 5.73 Å². The van der Waals surface area contributed by atoms with E-state index in [0.717, 1.165) is 0 Å². The van der Waals surface area contributed by atoms with Gasteiger partial charge in [0.25, 0.3) is 0 Å². The molecule has 0 aromatic carbocycles.